The molecule has 5 rings (SSSR count). The summed E-state index contributed by atoms with van der Waals surface area (Å²) >= 11 is 0. The third-order valence-corrected chi connectivity index (χ3v) is 6.70. The Morgan fingerprint density at radius 3 is 2.65 bits per heavy atom. The number of para-hydroxylation sites is 1. The average molecular weight is 549 g/mol. The number of piperazine rings is 1. The highest BCUT2D eigenvalue weighted by Crippen LogP contribution is 2.30. The van der Waals surface area contributed by atoms with Gasteiger partial charge < -0.3 is 15.0 Å². The number of alkyl halides is 3. The van der Waals surface area contributed by atoms with Crippen LogP contribution in [0.1, 0.15) is 32.7 Å². The van der Waals surface area contributed by atoms with E-state index in [1.54, 1.807) is 12.1 Å². The zero-order chi connectivity index (χ0) is 28.3. The van der Waals surface area contributed by atoms with Crippen LogP contribution in [0.5, 0.6) is 5.75 Å². The number of hydrogen-bond acceptors (Lipinski definition) is 6. The van der Waals surface area contributed by atoms with Crippen LogP contribution in [0.4, 0.5) is 18.9 Å². The number of carbonyl (C=O) groups excluding carboxylic acids is 1. The van der Waals surface area contributed by atoms with Crippen LogP contribution in [-0.4, -0.2) is 70.5 Å². The first-order chi connectivity index (χ1) is 19.1. The monoisotopic (exact) mass is 548 g/mol. The number of nitrogens with one attached hydrogen (secondary N) is 2. The molecule has 0 aliphatic carbocycles. The maximum atomic E-state index is 12.9. The Balaban J connectivity index is 1.27. The highest BCUT2D eigenvalue weighted by molar-refractivity contribution is 6.04. The van der Waals surface area contributed by atoms with E-state index in [-0.39, 0.29) is 11.4 Å². The predicted molar refractivity (Wildman–Crippen MR) is 145 cm³/mol. The van der Waals surface area contributed by atoms with Crippen molar-refractivity contribution in [3.05, 3.63) is 82.8 Å². The van der Waals surface area contributed by atoms with Crippen molar-refractivity contribution in [3.63, 3.8) is 0 Å². The van der Waals surface area contributed by atoms with E-state index in [1.807, 2.05) is 25.1 Å². The van der Waals surface area contributed by atoms with E-state index in [4.69, 9.17) is 0 Å². The Hall–Kier alpha value is -4.40. The number of hydrogen-bond donors (Lipinski definition) is 2. The Kier molecular flexibility index (Phi) is 7.73. The summed E-state index contributed by atoms with van der Waals surface area (Å²) in [6.45, 7) is 7.09. The number of rotatable bonds is 5. The topological polar surface area (TPSA) is 86.4 Å². The molecule has 0 saturated carbocycles. The fourth-order valence-corrected chi connectivity index (χ4v) is 4.48. The molecule has 1 saturated heterocycles. The summed E-state index contributed by atoms with van der Waals surface area (Å²) in [6, 6.07) is 11.7. The summed E-state index contributed by atoms with van der Waals surface area (Å²) in [5, 5.41) is 9.85. The summed E-state index contributed by atoms with van der Waals surface area (Å²) in [7, 11) is 2.13. The minimum absolute atomic E-state index is 0.0141. The molecule has 11 heteroatoms. The van der Waals surface area contributed by atoms with Gasteiger partial charge in [-0.3, -0.25) is 19.8 Å². The Bertz CT molecular complexity index is 1600. The molecule has 4 aromatic rings. The van der Waals surface area contributed by atoms with Crippen molar-refractivity contribution >= 4 is 22.5 Å². The van der Waals surface area contributed by atoms with Gasteiger partial charge in [-0.25, -0.2) is 0 Å². The van der Waals surface area contributed by atoms with Crippen molar-refractivity contribution in [2.24, 2.45) is 0 Å². The highest BCUT2D eigenvalue weighted by atomic mass is 19.4. The first kappa shape index (κ1) is 27.2. The molecular formula is C29H27F3N6O2. The minimum atomic E-state index is -4.84. The SMILES string of the molecule is Cc1cc(NC(=O)c2cncc(C#Cc3[nH]nc4c(OC(F)(F)F)cccc34)c2)ccc1CN1CCN(C)CC1. The van der Waals surface area contributed by atoms with E-state index < -0.39 is 12.1 Å². The van der Waals surface area contributed by atoms with Crippen LogP contribution >= 0.6 is 0 Å². The second-order valence-corrected chi connectivity index (χ2v) is 9.69. The number of nitrogens with zero attached hydrogens (tertiary/aromatic N) is 4. The molecule has 0 spiro atoms. The van der Waals surface area contributed by atoms with E-state index in [1.165, 1.54) is 30.1 Å². The molecule has 0 radical (unpaired) electrons. The molecule has 0 atom stereocenters. The van der Waals surface area contributed by atoms with E-state index in [0.29, 0.717) is 27.9 Å². The smallest absolute Gasteiger partial charge is 0.403 e. The maximum Gasteiger partial charge on any atom is 0.573 e. The highest BCUT2D eigenvalue weighted by Gasteiger charge is 2.32. The number of anilines is 1. The molecule has 2 aromatic heterocycles. The number of fused-ring (bicyclic) bond motifs is 1. The van der Waals surface area contributed by atoms with Gasteiger partial charge in [-0.1, -0.05) is 18.1 Å². The van der Waals surface area contributed by atoms with Gasteiger partial charge in [0.25, 0.3) is 5.91 Å². The molecule has 1 aliphatic rings. The van der Waals surface area contributed by atoms with Crippen molar-refractivity contribution in [1.29, 1.82) is 0 Å². The number of pyridine rings is 1. The molecule has 1 fully saturated rings. The fourth-order valence-electron chi connectivity index (χ4n) is 4.48. The van der Waals surface area contributed by atoms with Gasteiger partial charge in [0, 0.05) is 61.8 Å². The zero-order valence-corrected chi connectivity index (χ0v) is 22.0. The summed E-state index contributed by atoms with van der Waals surface area (Å²) < 4.78 is 42.1. The third-order valence-electron chi connectivity index (χ3n) is 6.70. The standard InChI is InChI=1S/C29H27F3N6O2/c1-19-14-23(8-7-21(19)18-38-12-10-37(2)11-13-38)34-28(39)22-15-20(16-33-17-22)6-9-25-24-4-3-5-26(27(24)36-35-25)40-29(30,31)32/h3-5,7-8,14-17H,10-13,18H2,1-2H3,(H,34,39)(H,35,36). The molecule has 3 heterocycles. The lowest BCUT2D eigenvalue weighted by atomic mass is 10.1. The molecule has 40 heavy (non-hydrogen) atoms. The number of aromatic amines is 1. The number of amides is 1. The number of carbonyl (C=O) groups is 1. The molecule has 8 nitrogen and oxygen atoms in total. The van der Waals surface area contributed by atoms with E-state index in [9.17, 15) is 18.0 Å². The summed E-state index contributed by atoms with van der Waals surface area (Å²) in [5.74, 6) is 5.00. The van der Waals surface area contributed by atoms with Gasteiger partial charge in [0.05, 0.1) is 5.56 Å². The molecule has 2 aromatic carbocycles. The number of aromatic nitrogens is 3. The van der Waals surface area contributed by atoms with Crippen molar-refractivity contribution in [2.75, 3.05) is 38.5 Å². The van der Waals surface area contributed by atoms with Gasteiger partial charge >= 0.3 is 6.36 Å². The molecule has 1 aliphatic heterocycles. The Morgan fingerprint density at radius 1 is 1.10 bits per heavy atom. The van der Waals surface area contributed by atoms with Crippen LogP contribution in [0.3, 0.4) is 0 Å². The molecule has 0 bridgehead atoms. The molecule has 1 amide bonds. The van der Waals surface area contributed by atoms with Gasteiger partial charge in [-0.2, -0.15) is 5.10 Å². The van der Waals surface area contributed by atoms with Crippen molar-refractivity contribution in [3.8, 4) is 17.6 Å². The number of H-pyrrole nitrogens is 1. The molecular weight excluding hydrogens is 521 g/mol. The first-order valence-electron chi connectivity index (χ1n) is 12.7. The van der Waals surface area contributed by atoms with Crippen LogP contribution < -0.4 is 10.1 Å². The van der Waals surface area contributed by atoms with Gasteiger partial charge in [-0.15, -0.1) is 13.2 Å². The maximum absolute atomic E-state index is 12.9. The van der Waals surface area contributed by atoms with Crippen LogP contribution in [0.15, 0.2) is 54.9 Å². The van der Waals surface area contributed by atoms with E-state index >= 15 is 0 Å². The van der Waals surface area contributed by atoms with Gasteiger partial charge in [0.2, 0.25) is 0 Å². The summed E-state index contributed by atoms with van der Waals surface area (Å²) in [4.78, 5) is 21.8. The third kappa shape index (κ3) is 6.59. The predicted octanol–water partition coefficient (Wildman–Crippen LogP) is 4.56. The minimum Gasteiger partial charge on any atom is -0.403 e. The quantitative estimate of drug-likeness (QED) is 0.356. The van der Waals surface area contributed by atoms with Crippen molar-refractivity contribution in [2.45, 2.75) is 19.8 Å². The zero-order valence-electron chi connectivity index (χ0n) is 22.0. The first-order valence-corrected chi connectivity index (χ1v) is 12.7. The van der Waals surface area contributed by atoms with E-state index in [2.05, 4.69) is 53.9 Å². The van der Waals surface area contributed by atoms with Gasteiger partial charge in [0.1, 0.15) is 11.2 Å². The molecule has 206 valence electrons. The summed E-state index contributed by atoms with van der Waals surface area (Å²) in [6.07, 6.45) is -1.89. The average Bonchev–Trinajstić information content (AvgIpc) is 3.34. The number of aryl methyl sites for hydroxylation is 1. The van der Waals surface area contributed by atoms with Gasteiger partial charge in [0.15, 0.2) is 5.75 Å². The Morgan fingerprint density at radius 2 is 1.90 bits per heavy atom. The summed E-state index contributed by atoms with van der Waals surface area (Å²) in [5.41, 5.74) is 4.11. The number of benzene rings is 2. The lowest BCUT2D eigenvalue weighted by Crippen LogP contribution is -2.43. The lowest BCUT2D eigenvalue weighted by molar-refractivity contribution is -0.274. The second kappa shape index (κ2) is 11.4. The van der Waals surface area contributed by atoms with E-state index in [0.717, 1.165) is 38.3 Å². The van der Waals surface area contributed by atoms with Gasteiger partial charge in [-0.05, 0) is 61.4 Å². The number of ether oxygens (including phenoxy) is 1. The Labute approximate surface area is 229 Å². The van der Waals surface area contributed by atoms with Crippen molar-refractivity contribution < 1.29 is 22.7 Å². The van der Waals surface area contributed by atoms with Crippen LogP contribution in [-0.2, 0) is 6.54 Å². The largest absolute Gasteiger partial charge is 0.573 e. The normalized spacial score (nSPS) is 14.5. The number of likely N-dealkylation sites (N-methyl/N-ethyl adjacent to an activating group) is 1. The molecule has 2 N–H and O–H groups in total. The lowest BCUT2D eigenvalue weighted by Gasteiger charge is -2.32. The van der Waals surface area contributed by atoms with Crippen LogP contribution in [0.2, 0.25) is 0 Å². The number of halogens is 3. The molecule has 0 unspecified atom stereocenters. The fraction of sp³-hybridized carbons (Fsp3) is 0.276. The van der Waals surface area contributed by atoms with Crippen LogP contribution in [0, 0.1) is 18.8 Å². The van der Waals surface area contributed by atoms with Crippen molar-refractivity contribution in [1.82, 2.24) is 25.0 Å². The second-order valence-electron chi connectivity index (χ2n) is 9.69. The van der Waals surface area contributed by atoms with Crippen LogP contribution in [0.25, 0.3) is 10.9 Å².